The molecule has 1 aromatic rings. The lowest BCUT2D eigenvalue weighted by Gasteiger charge is -2.27. The number of halogens is 2. The molecule has 0 amide bonds. The van der Waals surface area contributed by atoms with Gasteiger partial charge in [0.2, 0.25) is 0 Å². The lowest BCUT2D eigenvalue weighted by atomic mass is 10.1. The van der Waals surface area contributed by atoms with Crippen molar-refractivity contribution in [3.8, 4) is 5.75 Å². The zero-order chi connectivity index (χ0) is 8.60. The maximum Gasteiger partial charge on any atom is 0.258 e. The highest BCUT2D eigenvalue weighted by Crippen LogP contribution is 2.37. The molecule has 1 aromatic carbocycles. The molecule has 64 valence electrons. The molecule has 0 unspecified atom stereocenters. The zero-order valence-electron chi connectivity index (χ0n) is 6.39. The summed E-state index contributed by atoms with van der Waals surface area (Å²) in [6.45, 7) is 0. The van der Waals surface area contributed by atoms with Gasteiger partial charge in [0.05, 0.1) is 0 Å². The van der Waals surface area contributed by atoms with Crippen LogP contribution in [0.25, 0.3) is 0 Å². The zero-order valence-corrected chi connectivity index (χ0v) is 7.90. The predicted octanol–water partition coefficient (Wildman–Crippen LogP) is 3.14. The summed E-state index contributed by atoms with van der Waals surface area (Å²) in [5, 5.41) is 0. The number of ether oxygens (including phenoxy) is 1. The van der Waals surface area contributed by atoms with Crippen molar-refractivity contribution in [1.29, 1.82) is 0 Å². The molecule has 12 heavy (non-hydrogen) atoms. The van der Waals surface area contributed by atoms with Crippen LogP contribution < -0.4 is 4.74 Å². The molecule has 1 heterocycles. The van der Waals surface area contributed by atoms with Gasteiger partial charge in [0, 0.05) is 6.42 Å². The van der Waals surface area contributed by atoms with E-state index in [1.807, 2.05) is 24.3 Å². The molecule has 0 aliphatic carbocycles. The first-order valence-electron chi connectivity index (χ1n) is 3.82. The van der Waals surface area contributed by atoms with Crippen molar-refractivity contribution in [2.24, 2.45) is 0 Å². The van der Waals surface area contributed by atoms with Crippen molar-refractivity contribution in [3.05, 3.63) is 29.8 Å². The molecular formula is C9H8Cl2O. The van der Waals surface area contributed by atoms with Crippen molar-refractivity contribution in [3.63, 3.8) is 0 Å². The van der Waals surface area contributed by atoms with Gasteiger partial charge in [-0.25, -0.2) is 0 Å². The Labute approximate surface area is 81.2 Å². The molecule has 1 aliphatic heterocycles. The molecule has 0 fully saturated rings. The molecule has 1 aliphatic rings. The van der Waals surface area contributed by atoms with Gasteiger partial charge in [0.15, 0.2) is 0 Å². The second kappa shape index (κ2) is 2.82. The Morgan fingerprint density at radius 2 is 2.00 bits per heavy atom. The van der Waals surface area contributed by atoms with E-state index in [0.717, 1.165) is 12.2 Å². The average molecular weight is 203 g/mol. The van der Waals surface area contributed by atoms with Gasteiger partial charge in [0.25, 0.3) is 4.52 Å². The van der Waals surface area contributed by atoms with Crippen LogP contribution in [0.2, 0.25) is 0 Å². The summed E-state index contributed by atoms with van der Waals surface area (Å²) in [5.41, 5.74) is 1.18. The Kier molecular flexibility index (Phi) is 1.93. The maximum atomic E-state index is 5.84. The first-order chi connectivity index (χ1) is 5.67. The van der Waals surface area contributed by atoms with Crippen molar-refractivity contribution >= 4 is 23.2 Å². The third kappa shape index (κ3) is 1.52. The van der Waals surface area contributed by atoms with E-state index in [1.165, 1.54) is 5.56 Å². The van der Waals surface area contributed by atoms with Crippen LogP contribution in [-0.4, -0.2) is 4.52 Å². The van der Waals surface area contributed by atoms with Crippen LogP contribution in [0.4, 0.5) is 0 Å². The Bertz CT molecular complexity index is 296. The Balaban J connectivity index is 2.35. The summed E-state index contributed by atoms with van der Waals surface area (Å²) in [5.74, 6) is 0.800. The fraction of sp³-hybridized carbons (Fsp3) is 0.333. The molecule has 0 aromatic heterocycles. The van der Waals surface area contributed by atoms with E-state index < -0.39 is 4.52 Å². The van der Waals surface area contributed by atoms with Crippen molar-refractivity contribution < 1.29 is 4.74 Å². The number of fused-ring (bicyclic) bond motifs is 1. The van der Waals surface area contributed by atoms with E-state index in [0.29, 0.717) is 6.42 Å². The van der Waals surface area contributed by atoms with Gasteiger partial charge in [0.1, 0.15) is 5.75 Å². The molecule has 0 saturated heterocycles. The summed E-state index contributed by atoms with van der Waals surface area (Å²) in [4.78, 5) is 0. The molecule has 0 saturated carbocycles. The summed E-state index contributed by atoms with van der Waals surface area (Å²) >= 11 is 11.7. The lowest BCUT2D eigenvalue weighted by molar-refractivity contribution is 0.211. The topological polar surface area (TPSA) is 9.23 Å². The second-order valence-electron chi connectivity index (χ2n) is 2.85. The van der Waals surface area contributed by atoms with Crippen molar-refractivity contribution in [2.45, 2.75) is 17.4 Å². The minimum Gasteiger partial charge on any atom is -0.458 e. The molecule has 0 atom stereocenters. The molecular weight excluding hydrogens is 195 g/mol. The molecule has 1 nitrogen and oxygen atoms in total. The van der Waals surface area contributed by atoms with Crippen LogP contribution in [0.15, 0.2) is 24.3 Å². The standard InChI is InChI=1S/C9H8Cl2O/c10-9(11)6-5-7-3-1-2-4-8(7)12-9/h1-4H,5-6H2. The molecule has 0 spiro atoms. The third-order valence-corrected chi connectivity index (χ3v) is 2.45. The van der Waals surface area contributed by atoms with Crippen LogP contribution in [0.1, 0.15) is 12.0 Å². The number of hydrogen-bond acceptors (Lipinski definition) is 1. The molecule has 0 bridgehead atoms. The average Bonchev–Trinajstić information content (AvgIpc) is 2.02. The minimum absolute atomic E-state index is 0.646. The largest absolute Gasteiger partial charge is 0.458 e. The molecule has 3 heteroatoms. The maximum absolute atomic E-state index is 5.84. The number of rotatable bonds is 0. The third-order valence-electron chi connectivity index (χ3n) is 1.92. The summed E-state index contributed by atoms with van der Waals surface area (Å²) in [6, 6.07) is 7.80. The second-order valence-corrected chi connectivity index (χ2v) is 4.26. The Morgan fingerprint density at radius 1 is 1.25 bits per heavy atom. The monoisotopic (exact) mass is 202 g/mol. The number of benzene rings is 1. The Hall–Kier alpha value is -0.400. The molecule has 0 N–H and O–H groups in total. The fourth-order valence-electron chi connectivity index (χ4n) is 1.30. The van der Waals surface area contributed by atoms with Gasteiger partial charge in [-0.15, -0.1) is 0 Å². The van der Waals surface area contributed by atoms with Gasteiger partial charge in [-0.2, -0.15) is 0 Å². The van der Waals surface area contributed by atoms with E-state index in [2.05, 4.69) is 0 Å². The molecule has 2 rings (SSSR count). The summed E-state index contributed by atoms with van der Waals surface area (Å²) in [7, 11) is 0. The van der Waals surface area contributed by atoms with E-state index in [1.54, 1.807) is 0 Å². The number of alkyl halides is 2. The van der Waals surface area contributed by atoms with Crippen LogP contribution in [0.5, 0.6) is 5.75 Å². The quantitative estimate of drug-likeness (QED) is 0.588. The highest BCUT2D eigenvalue weighted by Gasteiger charge is 2.30. The van der Waals surface area contributed by atoms with E-state index in [-0.39, 0.29) is 0 Å². The number of hydrogen-bond donors (Lipinski definition) is 0. The normalized spacial score (nSPS) is 19.5. The van der Waals surface area contributed by atoms with Gasteiger partial charge in [-0.1, -0.05) is 41.4 Å². The van der Waals surface area contributed by atoms with Crippen LogP contribution >= 0.6 is 23.2 Å². The molecule has 0 radical (unpaired) electrons. The predicted molar refractivity (Wildman–Crippen MR) is 49.8 cm³/mol. The van der Waals surface area contributed by atoms with Gasteiger partial charge >= 0.3 is 0 Å². The van der Waals surface area contributed by atoms with Crippen LogP contribution in [0, 0.1) is 0 Å². The van der Waals surface area contributed by atoms with Crippen molar-refractivity contribution in [1.82, 2.24) is 0 Å². The number of aryl methyl sites for hydroxylation is 1. The fourth-order valence-corrected chi connectivity index (χ4v) is 1.66. The van der Waals surface area contributed by atoms with Gasteiger partial charge in [-0.05, 0) is 18.1 Å². The lowest BCUT2D eigenvalue weighted by Crippen LogP contribution is -2.26. The first-order valence-corrected chi connectivity index (χ1v) is 4.58. The highest BCUT2D eigenvalue weighted by molar-refractivity contribution is 6.47. The minimum atomic E-state index is -1.03. The first kappa shape index (κ1) is 8.21. The highest BCUT2D eigenvalue weighted by atomic mass is 35.5. The van der Waals surface area contributed by atoms with Crippen LogP contribution in [-0.2, 0) is 6.42 Å². The van der Waals surface area contributed by atoms with Crippen molar-refractivity contribution in [2.75, 3.05) is 0 Å². The SMILES string of the molecule is ClC1(Cl)CCc2ccccc2O1. The van der Waals surface area contributed by atoms with Gasteiger partial charge < -0.3 is 4.74 Å². The smallest absolute Gasteiger partial charge is 0.258 e. The van der Waals surface area contributed by atoms with E-state index in [9.17, 15) is 0 Å². The van der Waals surface area contributed by atoms with E-state index in [4.69, 9.17) is 27.9 Å². The van der Waals surface area contributed by atoms with E-state index >= 15 is 0 Å². The number of para-hydroxylation sites is 1. The summed E-state index contributed by atoms with van der Waals surface area (Å²) in [6.07, 6.45) is 1.52. The van der Waals surface area contributed by atoms with Crippen LogP contribution in [0.3, 0.4) is 0 Å². The van der Waals surface area contributed by atoms with Gasteiger partial charge in [-0.3, -0.25) is 0 Å². The summed E-state index contributed by atoms with van der Waals surface area (Å²) < 4.78 is 4.32. The Morgan fingerprint density at radius 3 is 2.83 bits per heavy atom.